The Bertz CT molecular complexity index is 859. The Balaban J connectivity index is 1.54. The first-order chi connectivity index (χ1) is 14.0. The van der Waals surface area contributed by atoms with Gasteiger partial charge in [0.05, 0.1) is 13.0 Å². The molecule has 1 aromatic carbocycles. The van der Waals surface area contributed by atoms with E-state index in [0.29, 0.717) is 6.61 Å². The molecule has 1 atom stereocenters. The number of rotatable bonds is 10. The minimum Gasteiger partial charge on any atom is -0.494 e. The van der Waals surface area contributed by atoms with Gasteiger partial charge in [0.15, 0.2) is 0 Å². The highest BCUT2D eigenvalue weighted by Gasteiger charge is 2.24. The lowest BCUT2D eigenvalue weighted by Crippen LogP contribution is -2.28. The lowest BCUT2D eigenvalue weighted by molar-refractivity contribution is -0.137. The van der Waals surface area contributed by atoms with Crippen molar-refractivity contribution in [3.8, 4) is 5.75 Å². The number of halogens is 1. The molecule has 156 valence electrons. The SMILES string of the molecule is CCCN(CCCOc1ccc2c(c1)CC[C@H]2CC(=O)O)c1nc(Cl)ncc1C. The zero-order chi connectivity index (χ0) is 20.8. The van der Waals surface area contributed by atoms with Crippen molar-refractivity contribution in [2.24, 2.45) is 0 Å². The van der Waals surface area contributed by atoms with E-state index < -0.39 is 5.97 Å². The summed E-state index contributed by atoms with van der Waals surface area (Å²) in [5, 5.41) is 9.32. The first-order valence-corrected chi connectivity index (χ1v) is 10.6. The highest BCUT2D eigenvalue weighted by molar-refractivity contribution is 6.28. The van der Waals surface area contributed by atoms with Gasteiger partial charge in [0.1, 0.15) is 11.6 Å². The Morgan fingerprint density at radius 2 is 2.21 bits per heavy atom. The van der Waals surface area contributed by atoms with Crippen molar-refractivity contribution < 1.29 is 14.6 Å². The molecule has 0 saturated heterocycles. The molecule has 0 saturated carbocycles. The monoisotopic (exact) mass is 417 g/mol. The maximum absolute atomic E-state index is 11.0. The van der Waals surface area contributed by atoms with Crippen LogP contribution in [0.2, 0.25) is 5.28 Å². The van der Waals surface area contributed by atoms with Gasteiger partial charge in [0.2, 0.25) is 5.28 Å². The summed E-state index contributed by atoms with van der Waals surface area (Å²) in [6.45, 7) is 6.47. The molecule has 0 aliphatic heterocycles. The Morgan fingerprint density at radius 1 is 1.38 bits per heavy atom. The van der Waals surface area contributed by atoms with Crippen LogP contribution < -0.4 is 9.64 Å². The van der Waals surface area contributed by atoms with Crippen LogP contribution in [-0.2, 0) is 11.2 Å². The van der Waals surface area contributed by atoms with Crippen molar-refractivity contribution in [2.75, 3.05) is 24.6 Å². The van der Waals surface area contributed by atoms with Gasteiger partial charge in [-0.2, -0.15) is 0 Å². The van der Waals surface area contributed by atoms with Crippen LogP contribution in [0.4, 0.5) is 5.82 Å². The van der Waals surface area contributed by atoms with Gasteiger partial charge in [-0.25, -0.2) is 9.97 Å². The maximum Gasteiger partial charge on any atom is 0.303 e. The fourth-order valence-corrected chi connectivity index (χ4v) is 4.09. The number of aryl methyl sites for hydroxylation is 2. The smallest absolute Gasteiger partial charge is 0.303 e. The number of benzene rings is 1. The fourth-order valence-electron chi connectivity index (χ4n) is 3.97. The Labute approximate surface area is 176 Å². The Hall–Kier alpha value is -2.34. The summed E-state index contributed by atoms with van der Waals surface area (Å²) in [6.07, 6.45) is 5.66. The molecular formula is C22H28ClN3O3. The van der Waals surface area contributed by atoms with Crippen LogP contribution in [0.1, 0.15) is 55.2 Å². The third-order valence-corrected chi connectivity index (χ3v) is 5.47. The van der Waals surface area contributed by atoms with Crippen LogP contribution in [0, 0.1) is 6.92 Å². The summed E-state index contributed by atoms with van der Waals surface area (Å²) in [5.41, 5.74) is 3.39. The highest BCUT2D eigenvalue weighted by atomic mass is 35.5. The van der Waals surface area contributed by atoms with Gasteiger partial charge in [0, 0.05) is 24.8 Å². The quantitative estimate of drug-likeness (QED) is 0.448. The fraction of sp³-hybridized carbons (Fsp3) is 0.500. The molecule has 1 aliphatic carbocycles. The lowest BCUT2D eigenvalue weighted by Gasteiger charge is -2.24. The second kappa shape index (κ2) is 9.92. The summed E-state index contributed by atoms with van der Waals surface area (Å²) >= 11 is 5.98. The number of carboxylic acids is 1. The first kappa shape index (κ1) is 21.4. The van der Waals surface area contributed by atoms with Gasteiger partial charge >= 0.3 is 5.97 Å². The molecule has 0 amide bonds. The summed E-state index contributed by atoms with van der Waals surface area (Å²) < 4.78 is 5.96. The Kier molecular flexibility index (Phi) is 7.31. The van der Waals surface area contributed by atoms with Crippen molar-refractivity contribution >= 4 is 23.4 Å². The maximum atomic E-state index is 11.0. The van der Waals surface area contributed by atoms with Crippen molar-refractivity contribution in [2.45, 2.75) is 51.9 Å². The van der Waals surface area contributed by atoms with E-state index in [-0.39, 0.29) is 17.6 Å². The molecule has 1 aromatic heterocycles. The molecule has 6 nitrogen and oxygen atoms in total. The van der Waals surface area contributed by atoms with E-state index in [1.165, 1.54) is 5.56 Å². The molecule has 1 heterocycles. The van der Waals surface area contributed by atoms with Crippen LogP contribution in [0.25, 0.3) is 0 Å². The molecule has 1 N–H and O–H groups in total. The zero-order valence-electron chi connectivity index (χ0n) is 17.0. The molecule has 0 bridgehead atoms. The van der Waals surface area contributed by atoms with Gasteiger partial charge in [-0.05, 0) is 73.4 Å². The topological polar surface area (TPSA) is 75.5 Å². The molecule has 29 heavy (non-hydrogen) atoms. The highest BCUT2D eigenvalue weighted by Crippen LogP contribution is 2.37. The number of fused-ring (bicyclic) bond motifs is 1. The minimum atomic E-state index is -0.736. The molecule has 0 radical (unpaired) electrons. The molecule has 2 aromatic rings. The summed E-state index contributed by atoms with van der Waals surface area (Å²) in [6, 6.07) is 6.05. The van der Waals surface area contributed by atoms with Crippen LogP contribution in [0.5, 0.6) is 5.75 Å². The van der Waals surface area contributed by atoms with Crippen LogP contribution in [-0.4, -0.2) is 40.7 Å². The van der Waals surface area contributed by atoms with E-state index in [1.807, 2.05) is 19.1 Å². The molecule has 3 rings (SSSR count). The molecule has 0 unspecified atom stereocenters. The van der Waals surface area contributed by atoms with Crippen LogP contribution in [0.15, 0.2) is 24.4 Å². The number of carbonyl (C=O) groups is 1. The predicted molar refractivity (Wildman–Crippen MR) is 114 cm³/mol. The number of hydrogen-bond donors (Lipinski definition) is 1. The number of ether oxygens (including phenoxy) is 1. The molecule has 1 aliphatic rings. The van der Waals surface area contributed by atoms with E-state index in [9.17, 15) is 4.79 Å². The van der Waals surface area contributed by atoms with Gasteiger partial charge in [-0.1, -0.05) is 13.0 Å². The normalized spacial score (nSPS) is 15.2. The second-order valence-corrected chi connectivity index (χ2v) is 7.87. The van der Waals surface area contributed by atoms with Crippen molar-refractivity contribution in [1.82, 2.24) is 9.97 Å². The molecule has 7 heteroatoms. The van der Waals surface area contributed by atoms with E-state index in [4.69, 9.17) is 21.4 Å². The molecule has 0 spiro atoms. The minimum absolute atomic E-state index is 0.127. The largest absolute Gasteiger partial charge is 0.494 e. The second-order valence-electron chi connectivity index (χ2n) is 7.53. The number of anilines is 1. The third-order valence-electron chi connectivity index (χ3n) is 5.29. The first-order valence-electron chi connectivity index (χ1n) is 10.2. The van der Waals surface area contributed by atoms with Gasteiger partial charge in [0.25, 0.3) is 0 Å². The average Bonchev–Trinajstić information content (AvgIpc) is 3.07. The van der Waals surface area contributed by atoms with Crippen molar-refractivity contribution in [3.63, 3.8) is 0 Å². The summed E-state index contributed by atoms with van der Waals surface area (Å²) in [4.78, 5) is 21.7. The number of nitrogens with zero attached hydrogens (tertiary/aromatic N) is 3. The van der Waals surface area contributed by atoms with Crippen LogP contribution >= 0.6 is 11.6 Å². The van der Waals surface area contributed by atoms with E-state index >= 15 is 0 Å². The zero-order valence-corrected chi connectivity index (χ0v) is 17.8. The van der Waals surface area contributed by atoms with E-state index in [0.717, 1.165) is 61.5 Å². The van der Waals surface area contributed by atoms with Crippen molar-refractivity contribution in [3.05, 3.63) is 46.4 Å². The molecular weight excluding hydrogens is 390 g/mol. The van der Waals surface area contributed by atoms with Gasteiger partial charge in [-0.3, -0.25) is 4.79 Å². The van der Waals surface area contributed by atoms with Gasteiger partial charge in [-0.15, -0.1) is 0 Å². The lowest BCUT2D eigenvalue weighted by atomic mass is 9.98. The summed E-state index contributed by atoms with van der Waals surface area (Å²) in [5.74, 6) is 1.12. The van der Waals surface area contributed by atoms with Gasteiger partial charge < -0.3 is 14.7 Å². The number of carboxylic acid groups (broad SMARTS) is 1. The van der Waals surface area contributed by atoms with E-state index in [2.05, 4.69) is 27.9 Å². The summed E-state index contributed by atoms with van der Waals surface area (Å²) in [7, 11) is 0. The number of aliphatic carboxylic acids is 1. The average molecular weight is 418 g/mol. The number of aromatic nitrogens is 2. The molecule has 0 fully saturated rings. The number of hydrogen-bond acceptors (Lipinski definition) is 5. The van der Waals surface area contributed by atoms with Crippen molar-refractivity contribution in [1.29, 1.82) is 0 Å². The van der Waals surface area contributed by atoms with E-state index in [1.54, 1.807) is 6.20 Å². The van der Waals surface area contributed by atoms with Crippen LogP contribution in [0.3, 0.4) is 0 Å². The Morgan fingerprint density at radius 3 is 2.97 bits per heavy atom. The predicted octanol–water partition coefficient (Wildman–Crippen LogP) is 4.63. The standard InChI is InChI=1S/C22H28ClN3O3/c1-3-9-26(21-15(2)14-24-22(23)25-21)10-4-11-29-18-7-8-19-16(12-18)5-6-17(19)13-20(27)28/h7-8,12,14,17H,3-6,9-11,13H2,1-2H3,(H,27,28)/t17-/m0/s1. The third kappa shape index (κ3) is 5.60.